The van der Waals surface area contributed by atoms with Crippen LogP contribution in [0.4, 0.5) is 0 Å². The first-order chi connectivity index (χ1) is 24.3. The fourth-order valence-electron chi connectivity index (χ4n) is 7.59. The maximum atomic E-state index is 6.37. The number of epoxide rings is 2. The molecule has 2 unspecified atom stereocenters. The van der Waals surface area contributed by atoms with Crippen LogP contribution in [0.3, 0.4) is 0 Å². The van der Waals surface area contributed by atoms with Crippen LogP contribution in [0.5, 0.6) is 11.5 Å². The summed E-state index contributed by atoms with van der Waals surface area (Å²) in [4.78, 5) is 0. The molecule has 0 aromatic heterocycles. The molecule has 2 atom stereocenters. The Labute approximate surface area is 286 Å². The van der Waals surface area contributed by atoms with Gasteiger partial charge in [0.1, 0.15) is 36.9 Å². The van der Waals surface area contributed by atoms with Crippen molar-refractivity contribution in [3.05, 3.63) is 144 Å². The Bertz CT molecular complexity index is 1980. The number of hydrogen-bond donors (Lipinski definition) is 0. The van der Waals surface area contributed by atoms with Crippen LogP contribution in [-0.4, -0.2) is 65.1 Å². The van der Waals surface area contributed by atoms with Gasteiger partial charge in [0.05, 0.1) is 45.1 Å². The first-order valence-electron chi connectivity index (χ1n) is 17.2. The molecule has 0 saturated carbocycles. The van der Waals surface area contributed by atoms with E-state index < -0.39 is 5.41 Å². The number of rotatable bonds is 14. The summed E-state index contributed by atoms with van der Waals surface area (Å²) in [5.74, 6) is 1.70. The molecule has 0 amide bonds. The van der Waals surface area contributed by atoms with E-state index in [1.807, 2.05) is 0 Å². The molecule has 2 saturated heterocycles. The molecule has 1 aliphatic carbocycles. The third-order valence-electron chi connectivity index (χ3n) is 9.91. The van der Waals surface area contributed by atoms with Gasteiger partial charge in [-0.2, -0.15) is 0 Å². The first-order valence-corrected chi connectivity index (χ1v) is 17.2. The molecule has 6 aromatic rings. The van der Waals surface area contributed by atoms with E-state index in [0.717, 1.165) is 46.3 Å². The minimum absolute atomic E-state index is 0.242. The van der Waals surface area contributed by atoms with Crippen molar-refractivity contribution < 1.29 is 28.4 Å². The average Bonchev–Trinajstić information content (AvgIpc) is 4.10. The maximum Gasteiger partial charge on any atom is 0.127 e. The standard InChI is InChI=1S/C43H38O6/c1-3-13-35-33(11-1)39(17-19-41(35)46-23-21-44-25-29-27-48-29)43(37-15-7-5-9-31(37)32-10-6-8-16-38(32)43)40-18-20-42(36-14-4-2-12-34(36)40)47-24-22-45-26-30-28-49-30/h1-20,29-30H,21-28H2. The molecule has 2 heterocycles. The third-order valence-corrected chi connectivity index (χ3v) is 9.91. The van der Waals surface area contributed by atoms with Crippen molar-refractivity contribution in [3.8, 4) is 22.6 Å². The van der Waals surface area contributed by atoms with E-state index in [2.05, 4.69) is 121 Å². The number of benzene rings is 6. The van der Waals surface area contributed by atoms with Gasteiger partial charge in [-0.3, -0.25) is 0 Å². The Kier molecular flexibility index (Phi) is 8.02. The lowest BCUT2D eigenvalue weighted by atomic mass is 9.65. The molecule has 49 heavy (non-hydrogen) atoms. The number of fused-ring (bicyclic) bond motifs is 5. The highest BCUT2D eigenvalue weighted by Crippen LogP contribution is 2.59. The molecule has 6 nitrogen and oxygen atoms in total. The molecule has 0 bridgehead atoms. The topological polar surface area (TPSA) is 62.0 Å². The highest BCUT2D eigenvalue weighted by atomic mass is 16.6. The van der Waals surface area contributed by atoms with Crippen molar-refractivity contribution in [2.75, 3.05) is 52.9 Å². The van der Waals surface area contributed by atoms with Crippen LogP contribution in [0.25, 0.3) is 32.7 Å². The van der Waals surface area contributed by atoms with Crippen LogP contribution in [-0.2, 0) is 24.4 Å². The maximum absolute atomic E-state index is 6.37. The second kappa shape index (κ2) is 13.0. The number of ether oxygens (including phenoxy) is 6. The molecule has 9 rings (SSSR count). The summed E-state index contributed by atoms with van der Waals surface area (Å²) >= 11 is 0. The van der Waals surface area contributed by atoms with Gasteiger partial charge < -0.3 is 28.4 Å². The van der Waals surface area contributed by atoms with Gasteiger partial charge in [0.2, 0.25) is 0 Å². The minimum Gasteiger partial charge on any atom is -0.491 e. The zero-order valence-electron chi connectivity index (χ0n) is 27.3. The molecule has 246 valence electrons. The summed E-state index contributed by atoms with van der Waals surface area (Å²) < 4.78 is 34.9. The summed E-state index contributed by atoms with van der Waals surface area (Å²) in [5, 5.41) is 4.46. The minimum atomic E-state index is -0.607. The van der Waals surface area contributed by atoms with Gasteiger partial charge in [-0.1, -0.05) is 109 Å². The van der Waals surface area contributed by atoms with Crippen molar-refractivity contribution in [1.82, 2.24) is 0 Å². The summed E-state index contributed by atoms with van der Waals surface area (Å²) in [6, 6.07) is 43.8. The lowest BCUT2D eigenvalue weighted by Gasteiger charge is -2.36. The van der Waals surface area contributed by atoms with Crippen molar-refractivity contribution in [2.24, 2.45) is 0 Å². The van der Waals surface area contributed by atoms with Crippen LogP contribution in [0.2, 0.25) is 0 Å². The van der Waals surface area contributed by atoms with Crippen molar-refractivity contribution in [3.63, 3.8) is 0 Å². The molecule has 2 fully saturated rings. The monoisotopic (exact) mass is 650 g/mol. The third kappa shape index (κ3) is 5.55. The van der Waals surface area contributed by atoms with Gasteiger partial charge in [0.25, 0.3) is 0 Å². The predicted octanol–water partition coefficient (Wildman–Crippen LogP) is 7.94. The zero-order chi connectivity index (χ0) is 32.6. The quantitative estimate of drug-likeness (QED) is 0.0880. The van der Waals surface area contributed by atoms with Gasteiger partial charge in [0, 0.05) is 10.8 Å². The van der Waals surface area contributed by atoms with Gasteiger partial charge in [-0.15, -0.1) is 0 Å². The van der Waals surface area contributed by atoms with E-state index in [1.54, 1.807) is 0 Å². The molecule has 2 aliphatic heterocycles. The predicted molar refractivity (Wildman–Crippen MR) is 191 cm³/mol. The number of hydrogen-bond acceptors (Lipinski definition) is 6. The molecular weight excluding hydrogens is 612 g/mol. The fraction of sp³-hybridized carbons (Fsp3) is 0.256. The molecule has 0 radical (unpaired) electrons. The molecule has 6 heteroatoms. The second-order valence-electron chi connectivity index (χ2n) is 12.9. The summed E-state index contributed by atoms with van der Waals surface area (Å²) in [7, 11) is 0. The van der Waals surface area contributed by atoms with Crippen LogP contribution in [0.15, 0.2) is 121 Å². The SMILES string of the molecule is c1ccc2c(c1)-c1ccccc1C2(c1ccc(OCCOCC2CO2)c2ccccc12)c1ccc(OCCOCC2CO2)c2ccccc12. The highest BCUT2D eigenvalue weighted by molar-refractivity contribution is 6.01. The Hall–Kier alpha value is -4.72. The highest BCUT2D eigenvalue weighted by Gasteiger charge is 2.47. The van der Waals surface area contributed by atoms with E-state index in [0.29, 0.717) is 39.6 Å². The van der Waals surface area contributed by atoms with E-state index in [4.69, 9.17) is 28.4 Å². The largest absolute Gasteiger partial charge is 0.491 e. The van der Waals surface area contributed by atoms with Crippen LogP contribution >= 0.6 is 0 Å². The van der Waals surface area contributed by atoms with Gasteiger partial charge in [-0.05, 0) is 56.3 Å². The molecule has 6 aromatic carbocycles. The summed E-state index contributed by atoms with van der Waals surface area (Å²) in [6.07, 6.45) is 0.485. The van der Waals surface area contributed by atoms with Crippen LogP contribution in [0.1, 0.15) is 22.3 Å². The van der Waals surface area contributed by atoms with Gasteiger partial charge in [-0.25, -0.2) is 0 Å². The Morgan fingerprint density at radius 2 is 0.857 bits per heavy atom. The van der Waals surface area contributed by atoms with E-state index in [-0.39, 0.29) is 12.2 Å². The van der Waals surface area contributed by atoms with Gasteiger partial charge >= 0.3 is 0 Å². The first kappa shape index (κ1) is 30.3. The van der Waals surface area contributed by atoms with Crippen molar-refractivity contribution >= 4 is 21.5 Å². The molecule has 0 N–H and O–H groups in total. The van der Waals surface area contributed by atoms with Crippen molar-refractivity contribution in [2.45, 2.75) is 17.6 Å². The Morgan fingerprint density at radius 3 is 1.31 bits per heavy atom. The zero-order valence-corrected chi connectivity index (χ0v) is 27.3. The fourth-order valence-corrected chi connectivity index (χ4v) is 7.59. The van der Waals surface area contributed by atoms with Crippen LogP contribution in [0, 0.1) is 0 Å². The van der Waals surface area contributed by atoms with Crippen LogP contribution < -0.4 is 9.47 Å². The Balaban J connectivity index is 1.19. The van der Waals surface area contributed by atoms with Gasteiger partial charge in [0.15, 0.2) is 0 Å². The lowest BCUT2D eigenvalue weighted by Crippen LogP contribution is -2.29. The lowest BCUT2D eigenvalue weighted by molar-refractivity contribution is 0.0882. The summed E-state index contributed by atoms with van der Waals surface area (Å²) in [6.45, 7) is 4.79. The molecular formula is C43H38O6. The molecule has 3 aliphatic rings. The average molecular weight is 651 g/mol. The normalized spacial score (nSPS) is 18.3. The van der Waals surface area contributed by atoms with E-state index in [9.17, 15) is 0 Å². The summed E-state index contributed by atoms with van der Waals surface area (Å²) in [5.41, 5.74) is 6.85. The smallest absolute Gasteiger partial charge is 0.127 e. The molecule has 0 spiro atoms. The second-order valence-corrected chi connectivity index (χ2v) is 12.9. The van der Waals surface area contributed by atoms with E-state index >= 15 is 0 Å². The van der Waals surface area contributed by atoms with E-state index in [1.165, 1.54) is 33.4 Å². The van der Waals surface area contributed by atoms with Crippen molar-refractivity contribution in [1.29, 1.82) is 0 Å². The Morgan fingerprint density at radius 1 is 0.449 bits per heavy atom.